The Hall–Kier alpha value is -2.84. The number of primary amides is 1. The average molecular weight is 477 g/mol. The Morgan fingerprint density at radius 1 is 1.00 bits per heavy atom. The van der Waals surface area contributed by atoms with Crippen LogP contribution in [0.4, 0.5) is 5.69 Å². The van der Waals surface area contributed by atoms with E-state index in [2.05, 4.69) is 15.5 Å². The predicted octanol–water partition coefficient (Wildman–Crippen LogP) is 4.50. The first-order valence-electron chi connectivity index (χ1n) is 11.9. The molecule has 1 heterocycles. The molecule has 4 fully saturated rings. The Balaban J connectivity index is 1.37. The Morgan fingerprint density at radius 2 is 1.62 bits per heavy atom. The van der Waals surface area contributed by atoms with Crippen LogP contribution in [0.5, 0.6) is 0 Å². The number of nitrogens with two attached hydrogens (primary N) is 1. The number of benzene rings is 2. The van der Waals surface area contributed by atoms with Crippen molar-refractivity contribution in [2.24, 2.45) is 23.5 Å². The van der Waals surface area contributed by atoms with Crippen molar-refractivity contribution in [1.29, 1.82) is 0 Å². The largest absolute Gasteiger partial charge is 0.377 e. The number of fused-ring (bicyclic) bond motifs is 1. The van der Waals surface area contributed by atoms with Gasteiger partial charge in [0.15, 0.2) is 16.8 Å². The molecule has 0 spiro atoms. The third kappa shape index (κ3) is 3.88. The molecule has 1 amide bonds. The van der Waals surface area contributed by atoms with Gasteiger partial charge in [-0.25, -0.2) is 4.21 Å². The fourth-order valence-electron chi connectivity index (χ4n) is 7.05. The molecule has 4 N–H and O–H groups in total. The second-order valence-electron chi connectivity index (χ2n) is 10.5. The Bertz CT molecular complexity index is 1270. The average Bonchev–Trinajstić information content (AvgIpc) is 2.77. The summed E-state index contributed by atoms with van der Waals surface area (Å²) in [6.45, 7) is 0. The van der Waals surface area contributed by atoms with Crippen LogP contribution >= 0.6 is 0 Å². The van der Waals surface area contributed by atoms with Crippen molar-refractivity contribution in [2.45, 2.75) is 49.8 Å². The van der Waals surface area contributed by atoms with E-state index in [0.29, 0.717) is 11.2 Å². The first kappa shape index (κ1) is 21.7. The van der Waals surface area contributed by atoms with Crippen molar-refractivity contribution >= 4 is 33.6 Å². The number of nitrogens with one attached hydrogen (secondary N) is 1. The van der Waals surface area contributed by atoms with E-state index >= 15 is 0 Å². The van der Waals surface area contributed by atoms with Crippen LogP contribution in [0, 0.1) is 17.8 Å². The summed E-state index contributed by atoms with van der Waals surface area (Å²) in [6.07, 6.45) is 7.46. The first-order valence-corrected chi connectivity index (χ1v) is 13.2. The van der Waals surface area contributed by atoms with Gasteiger partial charge in [0.25, 0.3) is 5.91 Å². The van der Waals surface area contributed by atoms with E-state index in [-0.39, 0.29) is 17.0 Å². The van der Waals surface area contributed by atoms with Crippen molar-refractivity contribution in [2.75, 3.05) is 5.32 Å². The van der Waals surface area contributed by atoms with Gasteiger partial charge < -0.3 is 15.6 Å². The minimum atomic E-state index is -1.86. The van der Waals surface area contributed by atoms with E-state index in [1.807, 2.05) is 42.5 Å². The van der Waals surface area contributed by atoms with E-state index in [9.17, 15) is 9.00 Å². The number of rotatable bonds is 6. The molecule has 34 heavy (non-hydrogen) atoms. The van der Waals surface area contributed by atoms with Gasteiger partial charge in [0.2, 0.25) is 0 Å². The fraction of sp³-hybridized carbons (Fsp3) is 0.423. The fourth-order valence-corrected chi connectivity index (χ4v) is 7.53. The number of nitrogens with zero attached hydrogens (tertiary/aromatic N) is 2. The number of amides is 1. The lowest BCUT2D eigenvalue weighted by atomic mass is 9.53. The van der Waals surface area contributed by atoms with Crippen LogP contribution in [0.1, 0.15) is 54.6 Å². The van der Waals surface area contributed by atoms with Crippen LogP contribution in [0.15, 0.2) is 42.5 Å². The molecule has 0 aliphatic heterocycles. The van der Waals surface area contributed by atoms with Crippen LogP contribution < -0.4 is 11.1 Å². The quantitative estimate of drug-likeness (QED) is 0.451. The molecule has 176 valence electrons. The number of carbonyl (C=O) groups excluding carboxylic acids is 1. The lowest BCUT2D eigenvalue weighted by Gasteiger charge is -2.57. The molecule has 8 heteroatoms. The highest BCUT2D eigenvalue weighted by molar-refractivity contribution is 7.78. The molecule has 4 aliphatic rings. The zero-order valence-electron chi connectivity index (χ0n) is 18.9. The third-order valence-corrected chi connectivity index (χ3v) is 8.58. The lowest BCUT2D eigenvalue weighted by Crippen LogP contribution is -2.55. The van der Waals surface area contributed by atoms with Gasteiger partial charge in [-0.2, -0.15) is 0 Å². The summed E-state index contributed by atoms with van der Waals surface area (Å²) in [5, 5.41) is 13.2. The molecular weight excluding hydrogens is 448 g/mol. The van der Waals surface area contributed by atoms with E-state index in [4.69, 9.17) is 10.3 Å². The smallest absolute Gasteiger partial charge is 0.271 e. The number of aromatic nitrogens is 2. The molecule has 4 aliphatic carbocycles. The van der Waals surface area contributed by atoms with Crippen LogP contribution in [0.25, 0.3) is 22.0 Å². The van der Waals surface area contributed by atoms with E-state index < -0.39 is 17.0 Å². The zero-order chi connectivity index (χ0) is 23.4. The Morgan fingerprint density at radius 3 is 2.21 bits per heavy atom. The summed E-state index contributed by atoms with van der Waals surface area (Å²) in [4.78, 5) is 12.3. The van der Waals surface area contributed by atoms with Gasteiger partial charge in [-0.1, -0.05) is 30.3 Å². The molecule has 1 atom stereocenters. The van der Waals surface area contributed by atoms with Gasteiger partial charge >= 0.3 is 0 Å². The maximum absolute atomic E-state index is 12.3. The number of hydrogen-bond donors (Lipinski definition) is 3. The lowest BCUT2D eigenvalue weighted by molar-refractivity contribution is 0.0107. The van der Waals surface area contributed by atoms with Gasteiger partial charge in [0.05, 0.1) is 17.0 Å². The van der Waals surface area contributed by atoms with Gasteiger partial charge in [-0.15, -0.1) is 10.2 Å². The molecule has 1 aromatic heterocycles. The maximum Gasteiger partial charge on any atom is 0.271 e. The topological polar surface area (TPSA) is 118 Å². The number of carbonyl (C=O) groups is 1. The second kappa shape index (κ2) is 8.13. The van der Waals surface area contributed by atoms with Gasteiger partial charge in [-0.3, -0.25) is 4.79 Å². The highest BCUT2D eigenvalue weighted by Gasteiger charge is 2.51. The van der Waals surface area contributed by atoms with Crippen LogP contribution in [0.3, 0.4) is 0 Å². The van der Waals surface area contributed by atoms with Crippen LogP contribution in [-0.2, 0) is 16.8 Å². The molecular formula is C26H28N4O3S. The maximum atomic E-state index is 12.3. The summed E-state index contributed by atoms with van der Waals surface area (Å²) < 4.78 is 20.2. The molecule has 7 rings (SSSR count). The monoisotopic (exact) mass is 476 g/mol. The molecule has 7 nitrogen and oxygen atoms in total. The van der Waals surface area contributed by atoms with Crippen molar-refractivity contribution in [1.82, 2.24) is 10.2 Å². The van der Waals surface area contributed by atoms with E-state index in [1.54, 1.807) is 0 Å². The van der Waals surface area contributed by atoms with Gasteiger partial charge in [-0.05, 0) is 85.1 Å². The highest BCUT2D eigenvalue weighted by Crippen LogP contribution is 2.57. The predicted molar refractivity (Wildman–Crippen MR) is 132 cm³/mol. The van der Waals surface area contributed by atoms with Gasteiger partial charge in [0, 0.05) is 10.9 Å². The van der Waals surface area contributed by atoms with Crippen LogP contribution in [-0.4, -0.2) is 30.4 Å². The molecule has 2 aromatic carbocycles. The van der Waals surface area contributed by atoms with E-state index in [0.717, 1.165) is 59.1 Å². The summed E-state index contributed by atoms with van der Waals surface area (Å²) in [6, 6.07) is 13.6. The number of anilines is 1. The van der Waals surface area contributed by atoms with Crippen molar-refractivity contribution in [3.05, 3.63) is 53.7 Å². The summed E-state index contributed by atoms with van der Waals surface area (Å²) in [5.74, 6) is 1.86. The van der Waals surface area contributed by atoms with Crippen LogP contribution in [0.2, 0.25) is 0 Å². The minimum Gasteiger partial charge on any atom is -0.377 e. The minimum absolute atomic E-state index is 0.0101. The van der Waals surface area contributed by atoms with Crippen molar-refractivity contribution in [3.8, 4) is 11.1 Å². The summed E-state index contributed by atoms with van der Waals surface area (Å²) in [5.41, 5.74) is 10.1. The number of hydrogen-bond acceptors (Lipinski definition) is 5. The van der Waals surface area contributed by atoms with Crippen molar-refractivity contribution < 1.29 is 13.6 Å². The first-order chi connectivity index (χ1) is 16.4. The summed E-state index contributed by atoms with van der Waals surface area (Å²) in [7, 11) is 0. The summed E-state index contributed by atoms with van der Waals surface area (Å²) >= 11 is -1.86. The normalized spacial score (nSPS) is 28.2. The highest BCUT2D eigenvalue weighted by atomic mass is 32.2. The molecule has 0 saturated heterocycles. The van der Waals surface area contributed by atoms with E-state index in [1.165, 1.54) is 19.3 Å². The SMILES string of the molecule is NC(=O)c1nnc2cc(-c3ccc(CS(=O)O)cc3)ccc2c1NC12CC3CC(CC(C3)C1)C2. The zero-order valence-corrected chi connectivity index (χ0v) is 19.7. The second-order valence-corrected chi connectivity index (χ2v) is 11.4. The third-order valence-electron chi connectivity index (χ3n) is 8.00. The van der Waals surface area contributed by atoms with Crippen molar-refractivity contribution in [3.63, 3.8) is 0 Å². The molecule has 1 unspecified atom stereocenters. The Labute approximate surface area is 200 Å². The standard InChI is InChI=1S/C26H28N4O3S/c27-25(31)24-23(28-26-11-16-7-17(12-26)9-18(8-16)13-26)21-6-5-20(10-22(21)29-30-24)19-3-1-15(2-4-19)14-34(32)33/h1-6,10,16-18H,7-9,11-14H2,(H2,27,31)(H,28,29)(H,32,33). The molecule has 4 saturated carbocycles. The molecule has 0 radical (unpaired) electrons. The molecule has 4 bridgehead atoms. The van der Waals surface area contributed by atoms with Gasteiger partial charge in [0.1, 0.15) is 0 Å². The Kier molecular flexibility index (Phi) is 5.18. The molecule has 3 aromatic rings.